The van der Waals surface area contributed by atoms with Crippen LogP contribution in [-0.4, -0.2) is 29.2 Å². The predicted molar refractivity (Wildman–Crippen MR) is 62.2 cm³/mol. The first-order valence-electron chi connectivity index (χ1n) is 4.84. The molecule has 0 fully saturated rings. The molecule has 1 aromatic rings. The lowest BCUT2D eigenvalue weighted by atomic mass is 10.5. The molecule has 0 aliphatic carbocycles. The standard InChI is InChI=1S/C10H13N3O2S/c1-2-11-10(15)13-8(14)7-16-9-5-3-4-6-12-9/h3-6H,2,7H2,1H3,(H2,11,13,14,15). The minimum atomic E-state index is -0.464. The lowest BCUT2D eigenvalue weighted by molar-refractivity contribution is -0.117. The molecule has 0 spiro atoms. The summed E-state index contributed by atoms with van der Waals surface area (Å²) in [6.07, 6.45) is 1.66. The zero-order valence-corrected chi connectivity index (χ0v) is 9.71. The molecule has 0 saturated heterocycles. The maximum absolute atomic E-state index is 11.3. The van der Waals surface area contributed by atoms with Gasteiger partial charge in [0, 0.05) is 12.7 Å². The van der Waals surface area contributed by atoms with Gasteiger partial charge >= 0.3 is 6.03 Å². The third kappa shape index (κ3) is 4.79. The first-order valence-corrected chi connectivity index (χ1v) is 5.82. The van der Waals surface area contributed by atoms with Crippen molar-refractivity contribution < 1.29 is 9.59 Å². The van der Waals surface area contributed by atoms with Crippen molar-refractivity contribution in [2.24, 2.45) is 0 Å². The largest absolute Gasteiger partial charge is 0.338 e. The van der Waals surface area contributed by atoms with Crippen molar-refractivity contribution in [3.05, 3.63) is 24.4 Å². The SMILES string of the molecule is CCNC(=O)NC(=O)CSc1ccccn1. The fourth-order valence-electron chi connectivity index (χ4n) is 0.939. The van der Waals surface area contributed by atoms with E-state index >= 15 is 0 Å². The van der Waals surface area contributed by atoms with Crippen molar-refractivity contribution in [3.8, 4) is 0 Å². The second-order valence-electron chi connectivity index (χ2n) is 2.86. The normalized spacial score (nSPS) is 9.56. The summed E-state index contributed by atoms with van der Waals surface area (Å²) in [7, 11) is 0. The number of hydrogen-bond acceptors (Lipinski definition) is 4. The van der Waals surface area contributed by atoms with Crippen LogP contribution in [-0.2, 0) is 4.79 Å². The van der Waals surface area contributed by atoms with E-state index in [0.717, 1.165) is 5.03 Å². The summed E-state index contributed by atoms with van der Waals surface area (Å²) in [5.74, 6) is -0.157. The van der Waals surface area contributed by atoms with Crippen LogP contribution in [0.3, 0.4) is 0 Å². The number of amides is 3. The van der Waals surface area contributed by atoms with Crippen LogP contribution in [0, 0.1) is 0 Å². The lowest BCUT2D eigenvalue weighted by Gasteiger charge is -2.03. The molecule has 0 radical (unpaired) electrons. The van der Waals surface area contributed by atoms with Crippen LogP contribution in [0.25, 0.3) is 0 Å². The molecule has 0 aliphatic heterocycles. The maximum Gasteiger partial charge on any atom is 0.321 e. The average Bonchev–Trinajstić information content (AvgIpc) is 2.28. The summed E-state index contributed by atoms with van der Waals surface area (Å²) < 4.78 is 0. The van der Waals surface area contributed by atoms with Gasteiger partial charge in [0.1, 0.15) is 0 Å². The van der Waals surface area contributed by atoms with Crippen LogP contribution in [0.2, 0.25) is 0 Å². The summed E-state index contributed by atoms with van der Waals surface area (Å²) in [6.45, 7) is 2.28. The van der Waals surface area contributed by atoms with Crippen molar-refractivity contribution in [3.63, 3.8) is 0 Å². The Balaban J connectivity index is 2.28. The minimum Gasteiger partial charge on any atom is -0.338 e. The van der Waals surface area contributed by atoms with E-state index in [4.69, 9.17) is 0 Å². The molecule has 3 amide bonds. The van der Waals surface area contributed by atoms with Crippen LogP contribution in [0.15, 0.2) is 29.4 Å². The fraction of sp³-hybridized carbons (Fsp3) is 0.300. The predicted octanol–water partition coefficient (Wildman–Crippen LogP) is 1.02. The summed E-state index contributed by atoms with van der Waals surface area (Å²) in [5.41, 5.74) is 0. The number of aromatic nitrogens is 1. The maximum atomic E-state index is 11.3. The van der Waals surface area contributed by atoms with Gasteiger partial charge < -0.3 is 5.32 Å². The molecule has 0 atom stereocenters. The van der Waals surface area contributed by atoms with E-state index in [-0.39, 0.29) is 11.7 Å². The van der Waals surface area contributed by atoms with Crippen molar-refractivity contribution in [1.82, 2.24) is 15.6 Å². The van der Waals surface area contributed by atoms with Crippen molar-refractivity contribution in [1.29, 1.82) is 0 Å². The van der Waals surface area contributed by atoms with Crippen LogP contribution in [0.5, 0.6) is 0 Å². The number of carbonyl (C=O) groups is 2. The van der Waals surface area contributed by atoms with E-state index in [1.165, 1.54) is 11.8 Å². The van der Waals surface area contributed by atoms with Gasteiger partial charge in [-0.25, -0.2) is 9.78 Å². The number of nitrogens with zero attached hydrogens (tertiary/aromatic N) is 1. The zero-order valence-electron chi connectivity index (χ0n) is 8.90. The zero-order chi connectivity index (χ0) is 11.8. The molecule has 0 bridgehead atoms. The Bertz CT molecular complexity index is 356. The highest BCUT2D eigenvalue weighted by Gasteiger charge is 2.06. The third-order valence-electron chi connectivity index (χ3n) is 1.58. The molecular weight excluding hydrogens is 226 g/mol. The van der Waals surface area contributed by atoms with Crippen LogP contribution in [0.4, 0.5) is 4.79 Å². The van der Waals surface area contributed by atoms with Gasteiger partial charge in [-0.3, -0.25) is 10.1 Å². The second-order valence-corrected chi connectivity index (χ2v) is 3.86. The molecule has 0 aromatic carbocycles. The van der Waals surface area contributed by atoms with Gasteiger partial charge in [0.15, 0.2) is 0 Å². The van der Waals surface area contributed by atoms with E-state index in [9.17, 15) is 9.59 Å². The van der Waals surface area contributed by atoms with Gasteiger partial charge in [-0.2, -0.15) is 0 Å². The molecule has 86 valence electrons. The number of urea groups is 1. The summed E-state index contributed by atoms with van der Waals surface area (Å²) in [5, 5.41) is 5.45. The molecule has 1 heterocycles. The van der Waals surface area contributed by atoms with Crippen molar-refractivity contribution in [2.75, 3.05) is 12.3 Å². The first kappa shape index (κ1) is 12.5. The van der Waals surface area contributed by atoms with Crippen LogP contribution >= 0.6 is 11.8 Å². The topological polar surface area (TPSA) is 71.1 Å². The molecule has 1 aromatic heterocycles. The molecule has 5 nitrogen and oxygen atoms in total. The average molecular weight is 239 g/mol. The molecule has 16 heavy (non-hydrogen) atoms. The lowest BCUT2D eigenvalue weighted by Crippen LogP contribution is -2.40. The Labute approximate surface area is 98.0 Å². The Morgan fingerprint density at radius 1 is 1.44 bits per heavy atom. The van der Waals surface area contributed by atoms with Gasteiger partial charge in [-0.05, 0) is 19.1 Å². The number of carbonyl (C=O) groups excluding carboxylic acids is 2. The molecule has 0 aliphatic rings. The number of hydrogen-bond donors (Lipinski definition) is 2. The number of imide groups is 1. The Hall–Kier alpha value is -1.56. The Morgan fingerprint density at radius 3 is 2.88 bits per heavy atom. The van der Waals surface area contributed by atoms with Gasteiger partial charge in [0.2, 0.25) is 5.91 Å². The summed E-state index contributed by atoms with van der Waals surface area (Å²) in [6, 6.07) is 4.99. The van der Waals surface area contributed by atoms with E-state index in [2.05, 4.69) is 15.6 Å². The number of nitrogens with one attached hydrogen (secondary N) is 2. The summed E-state index contributed by atoms with van der Waals surface area (Å²) in [4.78, 5) is 26.3. The number of thioether (sulfide) groups is 1. The molecule has 2 N–H and O–H groups in total. The van der Waals surface area contributed by atoms with Crippen LogP contribution in [0.1, 0.15) is 6.92 Å². The Morgan fingerprint density at radius 2 is 2.25 bits per heavy atom. The monoisotopic (exact) mass is 239 g/mol. The van der Waals surface area contributed by atoms with Crippen molar-refractivity contribution in [2.45, 2.75) is 11.9 Å². The highest BCUT2D eigenvalue weighted by molar-refractivity contribution is 7.99. The fourth-order valence-corrected chi connectivity index (χ4v) is 1.60. The van der Waals surface area contributed by atoms with Crippen LogP contribution < -0.4 is 10.6 Å². The van der Waals surface area contributed by atoms with E-state index in [1.54, 1.807) is 19.2 Å². The molecule has 1 rings (SSSR count). The first-order chi connectivity index (χ1) is 7.72. The van der Waals surface area contributed by atoms with Gasteiger partial charge in [-0.1, -0.05) is 17.8 Å². The summed E-state index contributed by atoms with van der Waals surface area (Å²) >= 11 is 1.29. The van der Waals surface area contributed by atoms with Gasteiger partial charge in [0.25, 0.3) is 0 Å². The molecule has 0 saturated carbocycles. The van der Waals surface area contributed by atoms with E-state index in [1.807, 2.05) is 12.1 Å². The minimum absolute atomic E-state index is 0.175. The third-order valence-corrected chi connectivity index (χ3v) is 2.52. The molecule has 0 unspecified atom stereocenters. The van der Waals surface area contributed by atoms with Gasteiger partial charge in [-0.15, -0.1) is 0 Å². The number of pyridine rings is 1. The quantitative estimate of drug-likeness (QED) is 0.769. The van der Waals surface area contributed by atoms with E-state index < -0.39 is 6.03 Å². The highest BCUT2D eigenvalue weighted by Crippen LogP contribution is 2.12. The van der Waals surface area contributed by atoms with Gasteiger partial charge in [0.05, 0.1) is 10.8 Å². The second kappa shape index (κ2) is 6.84. The van der Waals surface area contributed by atoms with E-state index in [0.29, 0.717) is 6.54 Å². The Kier molecular flexibility index (Phi) is 5.35. The molecular formula is C10H13N3O2S. The smallest absolute Gasteiger partial charge is 0.321 e. The number of rotatable bonds is 4. The van der Waals surface area contributed by atoms with Crippen molar-refractivity contribution >= 4 is 23.7 Å². The highest BCUT2D eigenvalue weighted by atomic mass is 32.2. The molecule has 6 heteroatoms.